The molecule has 23 heavy (non-hydrogen) atoms. The second-order valence-corrected chi connectivity index (χ2v) is 7.22. The van der Waals surface area contributed by atoms with E-state index in [1.165, 1.54) is 48.8 Å². The molecular weight excluding hydrogens is 286 g/mol. The van der Waals surface area contributed by atoms with E-state index in [1.807, 2.05) is 0 Å². The number of aryl methyl sites for hydroxylation is 2. The molecule has 2 aromatic rings. The maximum Gasteiger partial charge on any atom is 0.226 e. The lowest BCUT2D eigenvalue weighted by Gasteiger charge is -2.24. The Labute approximate surface area is 137 Å². The zero-order valence-electron chi connectivity index (χ0n) is 13.6. The van der Waals surface area contributed by atoms with Gasteiger partial charge in [0.1, 0.15) is 0 Å². The van der Waals surface area contributed by atoms with Crippen molar-refractivity contribution in [3.05, 3.63) is 46.6 Å². The zero-order chi connectivity index (χ0) is 15.6. The highest BCUT2D eigenvalue weighted by Gasteiger charge is 2.21. The average Bonchev–Trinajstić information content (AvgIpc) is 3.18. The number of hydrogen-bond acceptors (Lipinski definition) is 4. The third-order valence-electron chi connectivity index (χ3n) is 5.39. The van der Waals surface area contributed by atoms with Crippen LogP contribution in [0.4, 0.5) is 0 Å². The molecular formula is C19H25N3O. The van der Waals surface area contributed by atoms with Crippen molar-refractivity contribution in [3.8, 4) is 0 Å². The summed E-state index contributed by atoms with van der Waals surface area (Å²) in [6.45, 7) is 0. The molecule has 0 saturated heterocycles. The van der Waals surface area contributed by atoms with E-state index in [9.17, 15) is 0 Å². The average molecular weight is 311 g/mol. The number of nitrogens with zero attached hydrogens (tertiary/aromatic N) is 2. The second-order valence-electron chi connectivity index (χ2n) is 7.22. The maximum atomic E-state index is 5.97. The first-order valence-corrected chi connectivity index (χ1v) is 8.94. The SMILES string of the molecule is NC1CCC(Cc2nc(Cc3ccc4c(c3)CCC4)no2)CC1. The molecule has 4 nitrogen and oxygen atoms in total. The van der Waals surface area contributed by atoms with Gasteiger partial charge in [0.05, 0.1) is 0 Å². The summed E-state index contributed by atoms with van der Waals surface area (Å²) in [7, 11) is 0. The Hall–Kier alpha value is -1.68. The number of nitrogens with two attached hydrogens (primary N) is 1. The number of rotatable bonds is 4. The molecule has 4 rings (SSSR count). The van der Waals surface area contributed by atoms with Gasteiger partial charge < -0.3 is 10.3 Å². The van der Waals surface area contributed by atoms with E-state index in [2.05, 4.69) is 28.3 Å². The van der Waals surface area contributed by atoms with Crippen LogP contribution >= 0.6 is 0 Å². The molecule has 1 saturated carbocycles. The summed E-state index contributed by atoms with van der Waals surface area (Å²) in [6, 6.07) is 7.19. The van der Waals surface area contributed by atoms with E-state index in [0.29, 0.717) is 12.0 Å². The molecule has 4 heteroatoms. The van der Waals surface area contributed by atoms with E-state index >= 15 is 0 Å². The Kier molecular flexibility index (Phi) is 4.17. The van der Waals surface area contributed by atoms with Gasteiger partial charge in [-0.15, -0.1) is 0 Å². The second kappa shape index (κ2) is 6.44. The van der Waals surface area contributed by atoms with Gasteiger partial charge >= 0.3 is 0 Å². The Balaban J connectivity index is 1.38. The zero-order valence-corrected chi connectivity index (χ0v) is 13.6. The van der Waals surface area contributed by atoms with Crippen LogP contribution in [0, 0.1) is 5.92 Å². The number of hydrogen-bond donors (Lipinski definition) is 1. The minimum atomic E-state index is 0.393. The Morgan fingerprint density at radius 3 is 2.78 bits per heavy atom. The van der Waals surface area contributed by atoms with Gasteiger partial charge in [0.25, 0.3) is 0 Å². The van der Waals surface area contributed by atoms with Gasteiger partial charge in [-0.25, -0.2) is 0 Å². The molecule has 2 aliphatic carbocycles. The summed E-state index contributed by atoms with van der Waals surface area (Å²) in [5.74, 6) is 2.26. The lowest BCUT2D eigenvalue weighted by Crippen LogP contribution is -2.27. The van der Waals surface area contributed by atoms with E-state index < -0.39 is 0 Å². The predicted octanol–water partition coefficient (Wildman–Crippen LogP) is 3.21. The Bertz CT molecular complexity index is 671. The molecule has 0 bridgehead atoms. The molecule has 0 atom stereocenters. The minimum absolute atomic E-state index is 0.393. The molecule has 0 amide bonds. The highest BCUT2D eigenvalue weighted by atomic mass is 16.5. The third kappa shape index (κ3) is 3.47. The lowest BCUT2D eigenvalue weighted by atomic mass is 9.84. The van der Waals surface area contributed by atoms with Gasteiger partial charge in [0, 0.05) is 18.9 Å². The van der Waals surface area contributed by atoms with Crippen LogP contribution < -0.4 is 5.73 Å². The fraction of sp³-hybridized carbons (Fsp3) is 0.579. The molecule has 0 aliphatic heterocycles. The largest absolute Gasteiger partial charge is 0.339 e. The van der Waals surface area contributed by atoms with Crippen LogP contribution in [-0.4, -0.2) is 16.2 Å². The summed E-state index contributed by atoms with van der Waals surface area (Å²) in [6.07, 6.45) is 10.0. The molecule has 0 spiro atoms. The summed E-state index contributed by atoms with van der Waals surface area (Å²) >= 11 is 0. The maximum absolute atomic E-state index is 5.97. The summed E-state index contributed by atoms with van der Waals surface area (Å²) in [5.41, 5.74) is 10.3. The molecule has 1 fully saturated rings. The van der Waals surface area contributed by atoms with E-state index in [1.54, 1.807) is 0 Å². The van der Waals surface area contributed by atoms with Gasteiger partial charge in [-0.1, -0.05) is 23.4 Å². The first-order valence-electron chi connectivity index (χ1n) is 8.94. The first-order chi connectivity index (χ1) is 11.3. The fourth-order valence-corrected chi connectivity index (χ4v) is 4.00. The van der Waals surface area contributed by atoms with E-state index in [-0.39, 0.29) is 0 Å². The predicted molar refractivity (Wildman–Crippen MR) is 89.2 cm³/mol. The molecule has 1 aromatic carbocycles. The lowest BCUT2D eigenvalue weighted by molar-refractivity contribution is 0.287. The van der Waals surface area contributed by atoms with Crippen LogP contribution in [0.2, 0.25) is 0 Å². The molecule has 2 aliphatic rings. The molecule has 122 valence electrons. The topological polar surface area (TPSA) is 64.9 Å². The summed E-state index contributed by atoms with van der Waals surface area (Å²) in [5, 5.41) is 4.17. The van der Waals surface area contributed by atoms with Crippen molar-refractivity contribution >= 4 is 0 Å². The number of benzene rings is 1. The van der Waals surface area contributed by atoms with Crippen LogP contribution in [-0.2, 0) is 25.7 Å². The van der Waals surface area contributed by atoms with Crippen molar-refractivity contribution in [2.24, 2.45) is 11.7 Å². The van der Waals surface area contributed by atoms with Crippen molar-refractivity contribution in [1.29, 1.82) is 0 Å². The first kappa shape index (κ1) is 14.9. The van der Waals surface area contributed by atoms with Crippen LogP contribution in [0.1, 0.15) is 60.5 Å². The number of aromatic nitrogens is 2. The van der Waals surface area contributed by atoms with Crippen molar-refractivity contribution in [1.82, 2.24) is 10.1 Å². The molecule has 0 radical (unpaired) electrons. The van der Waals surface area contributed by atoms with Crippen LogP contribution in [0.25, 0.3) is 0 Å². The highest BCUT2D eigenvalue weighted by Crippen LogP contribution is 2.26. The van der Waals surface area contributed by atoms with Gasteiger partial charge in [0.15, 0.2) is 5.82 Å². The van der Waals surface area contributed by atoms with Gasteiger partial charge in [-0.05, 0) is 67.6 Å². The quantitative estimate of drug-likeness (QED) is 0.941. The molecule has 1 heterocycles. The minimum Gasteiger partial charge on any atom is -0.339 e. The smallest absolute Gasteiger partial charge is 0.226 e. The summed E-state index contributed by atoms with van der Waals surface area (Å²) in [4.78, 5) is 4.60. The van der Waals surface area contributed by atoms with Crippen molar-refractivity contribution in [2.45, 2.75) is 63.8 Å². The summed E-state index contributed by atoms with van der Waals surface area (Å²) < 4.78 is 5.47. The van der Waals surface area contributed by atoms with Crippen molar-refractivity contribution < 1.29 is 4.52 Å². The monoisotopic (exact) mass is 311 g/mol. The van der Waals surface area contributed by atoms with E-state index in [0.717, 1.165) is 37.4 Å². The Morgan fingerprint density at radius 2 is 1.91 bits per heavy atom. The van der Waals surface area contributed by atoms with E-state index in [4.69, 9.17) is 10.3 Å². The molecule has 0 unspecified atom stereocenters. The third-order valence-corrected chi connectivity index (χ3v) is 5.39. The normalized spacial score (nSPS) is 23.9. The van der Waals surface area contributed by atoms with Gasteiger partial charge in [-0.2, -0.15) is 4.98 Å². The Morgan fingerprint density at radius 1 is 1.09 bits per heavy atom. The van der Waals surface area contributed by atoms with Gasteiger partial charge in [-0.3, -0.25) is 0 Å². The number of fused-ring (bicyclic) bond motifs is 1. The standard InChI is InChI=1S/C19H25N3O/c20-17-8-5-13(6-9-17)12-19-21-18(22-23-19)11-14-4-7-15-2-1-3-16(15)10-14/h4,7,10,13,17H,1-3,5-6,8-9,11-12,20H2. The highest BCUT2D eigenvalue weighted by molar-refractivity contribution is 5.36. The van der Waals surface area contributed by atoms with Crippen LogP contribution in [0.5, 0.6) is 0 Å². The van der Waals surface area contributed by atoms with Crippen LogP contribution in [0.15, 0.2) is 22.7 Å². The molecule has 1 aromatic heterocycles. The van der Waals surface area contributed by atoms with Crippen molar-refractivity contribution in [2.75, 3.05) is 0 Å². The molecule has 2 N–H and O–H groups in total. The van der Waals surface area contributed by atoms with Gasteiger partial charge in [0.2, 0.25) is 5.89 Å². The van der Waals surface area contributed by atoms with Crippen molar-refractivity contribution in [3.63, 3.8) is 0 Å². The van der Waals surface area contributed by atoms with Crippen LogP contribution in [0.3, 0.4) is 0 Å². The fourth-order valence-electron chi connectivity index (χ4n) is 4.00.